The first-order valence-corrected chi connectivity index (χ1v) is 7.82. The molecule has 0 amide bonds. The van der Waals surface area contributed by atoms with Gasteiger partial charge in [0.25, 0.3) is 0 Å². The second-order valence-corrected chi connectivity index (χ2v) is 6.13. The lowest BCUT2D eigenvalue weighted by molar-refractivity contribution is 0.413. The van der Waals surface area contributed by atoms with Crippen LogP contribution in [0.2, 0.25) is 0 Å². The zero-order valence-electron chi connectivity index (χ0n) is 12.9. The summed E-state index contributed by atoms with van der Waals surface area (Å²) in [5.74, 6) is 7.04. The molecular formula is C16H18N4O2S. The summed E-state index contributed by atoms with van der Waals surface area (Å²) in [6.45, 7) is 0. The maximum absolute atomic E-state index is 5.43. The van der Waals surface area contributed by atoms with E-state index in [-0.39, 0.29) is 0 Å². The highest BCUT2D eigenvalue weighted by molar-refractivity contribution is 8.15. The molecule has 0 aromatic heterocycles. The molecular weight excluding hydrogens is 312 g/mol. The SMILES string of the molecule is COc1ccc(C2(c3ccc(OC)cc3)NN/C(=N/N)S2)cc1. The number of hydrazone groups is 1. The van der Waals surface area contributed by atoms with Gasteiger partial charge in [-0.25, -0.2) is 5.43 Å². The molecule has 1 heterocycles. The van der Waals surface area contributed by atoms with Gasteiger partial charge in [0.05, 0.1) is 14.2 Å². The van der Waals surface area contributed by atoms with Crippen molar-refractivity contribution >= 4 is 16.9 Å². The Morgan fingerprint density at radius 2 is 1.39 bits per heavy atom. The number of nitrogens with one attached hydrogen (secondary N) is 2. The molecule has 0 spiro atoms. The van der Waals surface area contributed by atoms with Gasteiger partial charge in [-0.1, -0.05) is 36.0 Å². The minimum atomic E-state index is -0.531. The second-order valence-electron chi connectivity index (χ2n) is 4.92. The Morgan fingerprint density at radius 3 is 1.74 bits per heavy atom. The minimum Gasteiger partial charge on any atom is -0.497 e. The number of amidine groups is 1. The summed E-state index contributed by atoms with van der Waals surface area (Å²) in [7, 11) is 3.30. The first-order valence-electron chi connectivity index (χ1n) is 7.01. The summed E-state index contributed by atoms with van der Waals surface area (Å²) >= 11 is 1.51. The van der Waals surface area contributed by atoms with Crippen molar-refractivity contribution in [3.63, 3.8) is 0 Å². The fraction of sp³-hybridized carbons (Fsp3) is 0.188. The summed E-state index contributed by atoms with van der Waals surface area (Å²) < 4.78 is 10.5. The molecule has 0 aliphatic carbocycles. The molecule has 120 valence electrons. The number of hydrogen-bond donors (Lipinski definition) is 3. The van der Waals surface area contributed by atoms with Crippen LogP contribution in [0.15, 0.2) is 53.6 Å². The van der Waals surface area contributed by atoms with Crippen LogP contribution in [0.4, 0.5) is 0 Å². The minimum absolute atomic E-state index is 0.531. The number of ether oxygens (including phenoxy) is 2. The molecule has 0 radical (unpaired) electrons. The highest BCUT2D eigenvalue weighted by Gasteiger charge is 2.41. The molecule has 6 nitrogen and oxygen atoms in total. The molecule has 0 bridgehead atoms. The Morgan fingerprint density at radius 1 is 0.913 bits per heavy atom. The van der Waals surface area contributed by atoms with Gasteiger partial charge in [-0.05, 0) is 35.4 Å². The van der Waals surface area contributed by atoms with Gasteiger partial charge in [0.1, 0.15) is 16.4 Å². The van der Waals surface area contributed by atoms with E-state index in [0.717, 1.165) is 22.6 Å². The predicted octanol–water partition coefficient (Wildman–Crippen LogP) is 1.98. The molecule has 1 aliphatic heterocycles. The van der Waals surface area contributed by atoms with Crippen LogP contribution < -0.4 is 26.2 Å². The number of methoxy groups -OCH3 is 2. The van der Waals surface area contributed by atoms with Crippen LogP contribution in [0.1, 0.15) is 11.1 Å². The molecule has 2 aromatic rings. The van der Waals surface area contributed by atoms with Crippen molar-refractivity contribution in [3.05, 3.63) is 59.7 Å². The molecule has 23 heavy (non-hydrogen) atoms. The number of rotatable bonds is 4. The number of nitrogens with two attached hydrogens (primary N) is 1. The van der Waals surface area contributed by atoms with E-state index in [1.165, 1.54) is 11.8 Å². The van der Waals surface area contributed by atoms with E-state index in [9.17, 15) is 0 Å². The zero-order valence-corrected chi connectivity index (χ0v) is 13.7. The fourth-order valence-electron chi connectivity index (χ4n) is 2.48. The second kappa shape index (κ2) is 6.39. The third-order valence-corrected chi connectivity index (χ3v) is 4.99. The van der Waals surface area contributed by atoms with Crippen LogP contribution in [0.3, 0.4) is 0 Å². The van der Waals surface area contributed by atoms with E-state index in [0.29, 0.717) is 5.17 Å². The van der Waals surface area contributed by atoms with Gasteiger partial charge in [0.15, 0.2) is 5.17 Å². The van der Waals surface area contributed by atoms with E-state index in [1.807, 2.05) is 48.5 Å². The van der Waals surface area contributed by atoms with Gasteiger partial charge in [-0.2, -0.15) is 5.10 Å². The molecule has 1 aliphatic rings. The number of hydrogen-bond acceptors (Lipinski definition) is 6. The standard InChI is InChI=1S/C16H18N4O2S/c1-21-13-7-3-11(4-8-13)16(20-19-15(18-17)23-16)12-5-9-14(22-2)10-6-12/h3-10,20H,17H2,1-2H3,(H,18,19). The Kier molecular flexibility index (Phi) is 4.31. The molecule has 4 N–H and O–H groups in total. The Hall–Kier alpha value is -2.38. The number of nitrogens with zero attached hydrogens (tertiary/aromatic N) is 1. The summed E-state index contributed by atoms with van der Waals surface area (Å²) in [6, 6.07) is 15.8. The summed E-state index contributed by atoms with van der Waals surface area (Å²) in [6.07, 6.45) is 0. The van der Waals surface area contributed by atoms with Crippen LogP contribution in [0, 0.1) is 0 Å². The molecule has 7 heteroatoms. The van der Waals surface area contributed by atoms with Crippen molar-refractivity contribution in [2.45, 2.75) is 4.87 Å². The van der Waals surface area contributed by atoms with Crippen LogP contribution in [0.25, 0.3) is 0 Å². The van der Waals surface area contributed by atoms with Crippen LogP contribution in [-0.4, -0.2) is 19.4 Å². The molecule has 0 saturated carbocycles. The van der Waals surface area contributed by atoms with Crippen LogP contribution >= 0.6 is 11.8 Å². The largest absolute Gasteiger partial charge is 0.497 e. The van der Waals surface area contributed by atoms with E-state index in [4.69, 9.17) is 15.3 Å². The first-order chi connectivity index (χ1) is 11.2. The van der Waals surface area contributed by atoms with Gasteiger partial charge >= 0.3 is 0 Å². The third-order valence-electron chi connectivity index (χ3n) is 3.71. The fourth-order valence-corrected chi connectivity index (χ4v) is 3.53. The van der Waals surface area contributed by atoms with Gasteiger partial charge in [-0.15, -0.1) is 0 Å². The Labute approximate surface area is 139 Å². The topological polar surface area (TPSA) is 80.9 Å². The number of benzene rings is 2. The lowest BCUT2D eigenvalue weighted by atomic mass is 9.98. The van der Waals surface area contributed by atoms with Crippen molar-refractivity contribution in [1.82, 2.24) is 10.9 Å². The van der Waals surface area contributed by atoms with Crippen molar-refractivity contribution in [2.24, 2.45) is 10.9 Å². The normalized spacial score (nSPS) is 17.7. The third kappa shape index (κ3) is 2.80. The lowest BCUT2D eigenvalue weighted by Gasteiger charge is -2.28. The van der Waals surface area contributed by atoms with Crippen LogP contribution in [-0.2, 0) is 4.87 Å². The highest BCUT2D eigenvalue weighted by Crippen LogP contribution is 2.43. The maximum Gasteiger partial charge on any atom is 0.196 e. The smallest absolute Gasteiger partial charge is 0.196 e. The monoisotopic (exact) mass is 330 g/mol. The summed E-state index contributed by atoms with van der Waals surface area (Å²) in [5.41, 5.74) is 8.44. The molecule has 3 rings (SSSR count). The number of thioether (sulfide) groups is 1. The van der Waals surface area contributed by atoms with Gasteiger partial charge in [0, 0.05) is 0 Å². The number of hydrazine groups is 1. The van der Waals surface area contributed by atoms with Gasteiger partial charge in [-0.3, -0.25) is 5.43 Å². The van der Waals surface area contributed by atoms with E-state index >= 15 is 0 Å². The Balaban J connectivity index is 2.06. The van der Waals surface area contributed by atoms with Crippen molar-refractivity contribution < 1.29 is 9.47 Å². The van der Waals surface area contributed by atoms with Crippen molar-refractivity contribution in [3.8, 4) is 11.5 Å². The van der Waals surface area contributed by atoms with E-state index in [2.05, 4.69) is 16.0 Å². The highest BCUT2D eigenvalue weighted by atomic mass is 32.2. The molecule has 0 atom stereocenters. The molecule has 0 unspecified atom stereocenters. The first kappa shape index (κ1) is 15.5. The Bertz CT molecular complexity index is 654. The molecule has 2 aromatic carbocycles. The lowest BCUT2D eigenvalue weighted by Crippen LogP contribution is -2.41. The average molecular weight is 330 g/mol. The van der Waals surface area contributed by atoms with Gasteiger partial charge in [0.2, 0.25) is 0 Å². The quantitative estimate of drug-likeness (QED) is 0.587. The predicted molar refractivity (Wildman–Crippen MR) is 92.3 cm³/mol. The zero-order chi connectivity index (χ0) is 16.3. The molecule has 1 fully saturated rings. The van der Waals surface area contributed by atoms with E-state index < -0.39 is 4.87 Å². The van der Waals surface area contributed by atoms with Crippen LogP contribution in [0.5, 0.6) is 11.5 Å². The molecule has 1 saturated heterocycles. The maximum atomic E-state index is 5.43. The van der Waals surface area contributed by atoms with Crippen molar-refractivity contribution in [2.75, 3.05) is 14.2 Å². The van der Waals surface area contributed by atoms with Gasteiger partial charge < -0.3 is 15.3 Å². The average Bonchev–Trinajstić information content (AvgIpc) is 3.07. The summed E-state index contributed by atoms with van der Waals surface area (Å²) in [4.78, 5) is -0.531. The van der Waals surface area contributed by atoms with E-state index in [1.54, 1.807) is 14.2 Å². The van der Waals surface area contributed by atoms with Crippen molar-refractivity contribution in [1.29, 1.82) is 0 Å². The summed E-state index contributed by atoms with van der Waals surface area (Å²) in [5, 5.41) is 4.38.